The molecule has 0 fully saturated rings. The number of pyridine rings is 1. The second kappa shape index (κ2) is 74.3. The summed E-state index contributed by atoms with van der Waals surface area (Å²) in [5, 5.41) is 23.8. The van der Waals surface area contributed by atoms with E-state index < -0.39 is 0 Å². The number of benzene rings is 1. The van der Waals surface area contributed by atoms with E-state index >= 15 is 0 Å². The molecule has 1 unspecified atom stereocenters. The van der Waals surface area contributed by atoms with E-state index in [9.17, 15) is 28.8 Å². The van der Waals surface area contributed by atoms with Crippen LogP contribution < -0.4 is 37.2 Å². The van der Waals surface area contributed by atoms with Gasteiger partial charge in [0.05, 0.1) is 25.0 Å². The highest BCUT2D eigenvalue weighted by molar-refractivity contribution is 7.07. The molecule has 4 aromatic rings. The lowest BCUT2D eigenvalue weighted by Gasteiger charge is -2.22. The van der Waals surface area contributed by atoms with Crippen molar-refractivity contribution < 1.29 is 33.2 Å². The van der Waals surface area contributed by atoms with Gasteiger partial charge in [-0.25, -0.2) is 0 Å². The smallest absolute Gasteiger partial charge is 0.237 e. The number of hydrogen-bond acceptors (Lipinski definition) is 10. The second-order valence-corrected chi connectivity index (χ2v) is 23.7. The molecule has 6 amide bonds. The van der Waals surface area contributed by atoms with Crippen LogP contribution >= 0.6 is 11.3 Å². The lowest BCUT2D eigenvalue weighted by atomic mass is 10.1. The monoisotopic (exact) mass is 1280 g/mol. The molecule has 16 heteroatoms. The molecule has 0 aliphatic carbocycles. The van der Waals surface area contributed by atoms with Crippen molar-refractivity contribution in [3.63, 3.8) is 0 Å². The number of hydrogen-bond donors (Lipinski definition) is 7. The van der Waals surface area contributed by atoms with Crippen molar-refractivity contribution in [1.29, 1.82) is 0 Å². The molecule has 7 N–H and O–H groups in total. The minimum atomic E-state index is -0.147. The summed E-state index contributed by atoms with van der Waals surface area (Å²) in [6.45, 7) is 69.1. The first-order valence-electron chi connectivity index (χ1n) is 31.0. The summed E-state index contributed by atoms with van der Waals surface area (Å²) in [6.07, 6.45) is 9.20. The van der Waals surface area contributed by atoms with Gasteiger partial charge in [-0.05, 0) is 179 Å². The van der Waals surface area contributed by atoms with Crippen molar-refractivity contribution in [2.24, 2.45) is 0 Å². The molecule has 89 heavy (non-hydrogen) atoms. The van der Waals surface area contributed by atoms with Crippen LogP contribution in [0.25, 0.3) is 0 Å². The normalized spacial score (nSPS) is 9.52. The number of nitrogens with zero attached hydrogens (tertiary/aromatic N) is 1. The molecule has 15 nitrogen and oxygen atoms in total. The van der Waals surface area contributed by atoms with Crippen molar-refractivity contribution in [3.8, 4) is 0 Å². The first-order valence-corrected chi connectivity index (χ1v) is 31.9. The van der Waals surface area contributed by atoms with Gasteiger partial charge in [-0.3, -0.25) is 33.8 Å². The van der Waals surface area contributed by atoms with Crippen LogP contribution in [0.4, 0.5) is 0 Å². The number of rotatable bonds is 6. The van der Waals surface area contributed by atoms with E-state index in [0.717, 1.165) is 5.56 Å². The van der Waals surface area contributed by atoms with E-state index in [1.165, 1.54) is 20.8 Å². The summed E-state index contributed by atoms with van der Waals surface area (Å²) >= 11 is 1.71. The van der Waals surface area contributed by atoms with Crippen LogP contribution in [-0.2, 0) is 35.2 Å². The van der Waals surface area contributed by atoms with Gasteiger partial charge in [0.2, 0.25) is 35.4 Å². The lowest BCUT2D eigenvalue weighted by Crippen LogP contribution is -2.48. The van der Waals surface area contributed by atoms with Gasteiger partial charge in [0.25, 0.3) is 0 Å². The van der Waals surface area contributed by atoms with E-state index in [2.05, 4.69) is 53.2 Å². The first-order chi connectivity index (χ1) is 40.0. The third kappa shape index (κ3) is 141. The van der Waals surface area contributed by atoms with Gasteiger partial charge in [0, 0.05) is 72.8 Å². The minimum Gasteiger partial charge on any atom is -0.473 e. The second-order valence-electron chi connectivity index (χ2n) is 22.9. The van der Waals surface area contributed by atoms with Crippen LogP contribution in [0, 0.1) is 0 Å². The molecule has 1 atom stereocenters. The Balaban J connectivity index is -0.0000000655. The maximum Gasteiger partial charge on any atom is 0.237 e. The predicted molar refractivity (Wildman–Crippen MR) is 397 cm³/mol. The molecule has 0 aliphatic heterocycles. The standard InChI is InChI=1S/C12H17NO.C8H18N2O.C8H15NO.3C6H13NO.C5H5N.C4H4O.C4H4S.6C2H6.2CH4/c1-12(2,3)13-11(14)9-10-7-5-4-6-8-10;1-6(9-5)7(11)10-8(2,3)4;1-5-6-7(10)9-8(2,3)4;3*1-5(8)7-6(2,3)4;1-2-4-6-5-3-1;2*1-2-4-5-3-1;6*1-2;;/h4-8H,9H2,1-3H3,(H,13,14);6,9H,1-5H3,(H,10,11);5H,1,6H2,2-4H3,(H,9,10);3*1-4H3,(H,7,8);1-5H;2*1-4H;6*1-2H3;2*1H4. The molecule has 0 saturated carbocycles. The zero-order valence-electron chi connectivity index (χ0n) is 62.4. The van der Waals surface area contributed by atoms with Gasteiger partial charge in [-0.1, -0.05) is 153 Å². The Morgan fingerprint density at radius 3 is 0.933 bits per heavy atom. The van der Waals surface area contributed by atoms with Gasteiger partial charge in [0.15, 0.2) is 0 Å². The SMILES string of the molecule is C.C.C=CCC(=O)NC(C)(C)C.CC.CC.CC.CC.CC.CC.CC(=O)NC(C)(C)C.CC(=O)NC(C)(C)C.CC(=O)NC(C)(C)C.CC(C)(C)NC(=O)Cc1ccccc1.CNC(C)C(=O)NC(C)(C)C.c1ccncc1.c1ccoc1.c1ccsc1. The Morgan fingerprint density at radius 1 is 0.461 bits per heavy atom. The fourth-order valence-corrected chi connectivity index (χ4v) is 5.26. The van der Waals surface area contributed by atoms with Crippen LogP contribution in [0.2, 0.25) is 0 Å². The van der Waals surface area contributed by atoms with E-state index in [-0.39, 0.29) is 89.6 Å². The van der Waals surface area contributed by atoms with E-state index in [4.69, 9.17) is 0 Å². The summed E-state index contributed by atoms with van der Waals surface area (Å²) in [5.41, 5.74) is 0.409. The molecular formula is C73H146N8O7S. The summed E-state index contributed by atoms with van der Waals surface area (Å²) in [5.74, 6) is 0.221. The molecule has 0 spiro atoms. The highest BCUT2D eigenvalue weighted by Crippen LogP contribution is 2.04. The zero-order chi connectivity index (χ0) is 71.5. The number of amides is 6. The van der Waals surface area contributed by atoms with E-state index in [1.807, 2.05) is 298 Å². The highest BCUT2D eigenvalue weighted by Gasteiger charge is 2.18. The molecule has 526 valence electrons. The Morgan fingerprint density at radius 2 is 0.753 bits per heavy atom. The average molecular weight is 1280 g/mol. The van der Waals surface area contributed by atoms with Crippen LogP contribution in [0.5, 0.6) is 0 Å². The van der Waals surface area contributed by atoms with Gasteiger partial charge in [-0.2, -0.15) is 11.3 Å². The highest BCUT2D eigenvalue weighted by atomic mass is 32.1. The van der Waals surface area contributed by atoms with Crippen molar-refractivity contribution in [2.75, 3.05) is 7.05 Å². The fraction of sp³-hybridized carbons (Fsp3) is 0.630. The minimum absolute atomic E-state index is 0. The number of carbonyl (C=O) groups excluding carboxylic acids is 6. The molecule has 3 aromatic heterocycles. The summed E-state index contributed by atoms with van der Waals surface area (Å²) in [4.78, 5) is 68.4. The number of furan rings is 1. The maximum atomic E-state index is 11.5. The van der Waals surface area contributed by atoms with Gasteiger partial charge < -0.3 is 41.6 Å². The Bertz CT molecular complexity index is 1880. The number of nitrogens with one attached hydrogen (secondary N) is 7. The lowest BCUT2D eigenvalue weighted by molar-refractivity contribution is -0.124. The largest absolute Gasteiger partial charge is 0.473 e. The van der Waals surface area contributed by atoms with Crippen molar-refractivity contribution in [2.45, 2.75) is 302 Å². The fourth-order valence-electron chi connectivity index (χ4n) is 4.80. The van der Waals surface area contributed by atoms with Crippen molar-refractivity contribution >= 4 is 46.8 Å². The summed E-state index contributed by atoms with van der Waals surface area (Å²) < 4.78 is 4.58. The average Bonchev–Trinajstić information content (AvgIpc) is 4.20. The molecule has 0 aliphatic rings. The number of thiophene rings is 1. The van der Waals surface area contributed by atoms with E-state index in [1.54, 1.807) is 49.4 Å². The third-order valence-electron chi connectivity index (χ3n) is 6.96. The van der Waals surface area contributed by atoms with Gasteiger partial charge in [-0.15, -0.1) is 6.58 Å². The molecule has 4 rings (SSSR count). The van der Waals surface area contributed by atoms with Crippen molar-refractivity contribution in [3.05, 3.63) is 127 Å². The van der Waals surface area contributed by atoms with Gasteiger partial charge in [0.1, 0.15) is 0 Å². The Labute approximate surface area is 555 Å². The van der Waals surface area contributed by atoms with E-state index in [0.29, 0.717) is 12.8 Å². The summed E-state index contributed by atoms with van der Waals surface area (Å²) in [6, 6.07) is 23.1. The zero-order valence-corrected chi connectivity index (χ0v) is 63.2. The number of aromatic nitrogens is 1. The Hall–Kier alpha value is -6.13. The Kier molecular flexibility index (Phi) is 95.0. The van der Waals surface area contributed by atoms with Crippen molar-refractivity contribution in [1.82, 2.24) is 42.2 Å². The van der Waals surface area contributed by atoms with Crippen LogP contribution in [0.1, 0.15) is 262 Å². The molecule has 0 radical (unpaired) electrons. The number of likely N-dealkylation sites (N-methyl/N-ethyl adjacent to an activating group) is 1. The summed E-state index contributed by atoms with van der Waals surface area (Å²) in [7, 11) is 1.77. The van der Waals surface area contributed by atoms with Crippen LogP contribution in [0.3, 0.4) is 0 Å². The van der Waals surface area contributed by atoms with Gasteiger partial charge >= 0.3 is 0 Å². The molecule has 0 saturated heterocycles. The topological polar surface area (TPSA) is 213 Å². The predicted octanol–water partition coefficient (Wildman–Crippen LogP) is 18.4. The van der Waals surface area contributed by atoms with Crippen LogP contribution in [-0.4, -0.2) is 86.8 Å². The number of carbonyl (C=O) groups is 6. The molecule has 0 bridgehead atoms. The maximum absolute atomic E-state index is 11.5. The van der Waals surface area contributed by atoms with Crippen LogP contribution in [0.15, 0.2) is 126 Å². The molecule has 1 aromatic carbocycles. The molecule has 3 heterocycles. The third-order valence-corrected chi connectivity index (χ3v) is 7.59. The first kappa shape index (κ1) is 114. The quantitative estimate of drug-likeness (QED) is 0.0914. The molecular weight excluding hydrogens is 1130 g/mol.